The molecule has 1 unspecified atom stereocenters. The number of nitrogens with zero attached hydrogens (tertiary/aromatic N) is 4. The number of nitrogens with one attached hydrogen (secondary N) is 1. The molecule has 0 aliphatic carbocycles. The number of rotatable bonds is 6. The van der Waals surface area contributed by atoms with E-state index in [2.05, 4.69) is 27.2 Å². The number of anilines is 1. The molecule has 8 nitrogen and oxygen atoms in total. The Morgan fingerprint density at radius 1 is 1.50 bits per heavy atom. The van der Waals surface area contributed by atoms with E-state index in [1.165, 1.54) is 0 Å². The molecular weight excluding hydrogens is 310 g/mol. The molecule has 24 heavy (non-hydrogen) atoms. The predicted octanol–water partition coefficient (Wildman–Crippen LogP) is 1.56. The number of carbonyl (C=O) groups is 1. The number of piperidine rings is 1. The first kappa shape index (κ1) is 16.7. The van der Waals surface area contributed by atoms with Crippen LogP contribution in [0.2, 0.25) is 0 Å². The summed E-state index contributed by atoms with van der Waals surface area (Å²) in [6.45, 7) is 3.53. The van der Waals surface area contributed by atoms with Crippen molar-refractivity contribution in [3.8, 4) is 0 Å². The van der Waals surface area contributed by atoms with Gasteiger partial charge in [-0.2, -0.15) is 0 Å². The maximum Gasteiger partial charge on any atom is 0.329 e. The van der Waals surface area contributed by atoms with Crippen LogP contribution in [0.5, 0.6) is 0 Å². The molecule has 0 saturated carbocycles. The highest BCUT2D eigenvalue weighted by Gasteiger charge is 2.22. The van der Waals surface area contributed by atoms with Crippen molar-refractivity contribution >= 4 is 23.1 Å². The lowest BCUT2D eigenvalue weighted by Crippen LogP contribution is -2.37. The molecule has 2 aromatic heterocycles. The van der Waals surface area contributed by atoms with Crippen LogP contribution in [0.3, 0.4) is 0 Å². The van der Waals surface area contributed by atoms with Crippen molar-refractivity contribution in [2.45, 2.75) is 32.0 Å². The third kappa shape index (κ3) is 3.65. The molecule has 0 aromatic carbocycles. The number of fused-ring (bicyclic) bond motifs is 1. The Morgan fingerprint density at radius 3 is 2.96 bits per heavy atom. The summed E-state index contributed by atoms with van der Waals surface area (Å²) in [7, 11) is 2.12. The lowest BCUT2D eigenvalue weighted by atomic mass is 10.1. The molecule has 3 heterocycles. The predicted molar refractivity (Wildman–Crippen MR) is 90.0 cm³/mol. The molecule has 2 N–H and O–H groups in total. The smallest absolute Gasteiger partial charge is 0.329 e. The topological polar surface area (TPSA) is 92.5 Å². The van der Waals surface area contributed by atoms with Gasteiger partial charge in [-0.1, -0.05) is 0 Å². The van der Waals surface area contributed by atoms with Crippen molar-refractivity contribution in [3.63, 3.8) is 0 Å². The van der Waals surface area contributed by atoms with Gasteiger partial charge in [0.05, 0.1) is 0 Å². The van der Waals surface area contributed by atoms with Crippen molar-refractivity contribution in [1.82, 2.24) is 19.4 Å². The van der Waals surface area contributed by atoms with Crippen molar-refractivity contribution in [2.24, 2.45) is 0 Å². The number of aliphatic carboxylic acids is 1. The molecule has 1 aliphatic rings. The Bertz CT molecular complexity index is 709. The molecule has 130 valence electrons. The largest absolute Gasteiger partial charge is 0.480 e. The lowest BCUT2D eigenvalue weighted by molar-refractivity contribution is -0.145. The number of ether oxygens (including phenoxy) is 1. The van der Waals surface area contributed by atoms with Crippen LogP contribution in [0.1, 0.15) is 26.0 Å². The van der Waals surface area contributed by atoms with Gasteiger partial charge in [-0.25, -0.2) is 14.8 Å². The van der Waals surface area contributed by atoms with E-state index in [0.717, 1.165) is 31.4 Å². The van der Waals surface area contributed by atoms with Crippen molar-refractivity contribution in [2.75, 3.05) is 32.1 Å². The Kier molecular flexibility index (Phi) is 4.96. The second kappa shape index (κ2) is 7.14. The van der Waals surface area contributed by atoms with Crippen LogP contribution in [-0.2, 0) is 9.53 Å². The average Bonchev–Trinajstić information content (AvgIpc) is 2.92. The van der Waals surface area contributed by atoms with E-state index >= 15 is 0 Å². The minimum atomic E-state index is -0.996. The van der Waals surface area contributed by atoms with Crippen LogP contribution in [-0.4, -0.2) is 63.3 Å². The van der Waals surface area contributed by atoms with Crippen molar-refractivity contribution in [3.05, 3.63) is 18.3 Å². The van der Waals surface area contributed by atoms with Crippen LogP contribution in [0.4, 0.5) is 5.95 Å². The number of carboxylic acids is 1. The third-order valence-corrected chi connectivity index (χ3v) is 4.31. The Morgan fingerprint density at radius 2 is 2.25 bits per heavy atom. The normalized spacial score (nSPS) is 17.9. The fraction of sp³-hybridized carbons (Fsp3) is 0.562. The van der Waals surface area contributed by atoms with Gasteiger partial charge >= 0.3 is 5.97 Å². The monoisotopic (exact) mass is 333 g/mol. The fourth-order valence-corrected chi connectivity index (χ4v) is 2.98. The van der Waals surface area contributed by atoms with E-state index in [1.54, 1.807) is 13.1 Å². The zero-order valence-corrected chi connectivity index (χ0v) is 14.0. The summed E-state index contributed by atoms with van der Waals surface area (Å²) in [5, 5.41) is 12.3. The van der Waals surface area contributed by atoms with Gasteiger partial charge in [0, 0.05) is 12.2 Å². The number of hydrogen-bond acceptors (Lipinski definition) is 6. The first-order chi connectivity index (χ1) is 11.5. The average molecular weight is 333 g/mol. The molecule has 3 rings (SSSR count). The van der Waals surface area contributed by atoms with Gasteiger partial charge in [0.15, 0.2) is 5.65 Å². The minimum absolute atomic E-state index is 0.337. The van der Waals surface area contributed by atoms with E-state index in [4.69, 9.17) is 9.84 Å². The molecule has 0 amide bonds. The molecule has 1 saturated heterocycles. The number of hydrogen-bond donors (Lipinski definition) is 2. The Hall–Kier alpha value is -2.19. The molecule has 8 heteroatoms. The maximum absolute atomic E-state index is 10.8. The molecule has 0 spiro atoms. The van der Waals surface area contributed by atoms with E-state index in [9.17, 15) is 4.79 Å². The minimum Gasteiger partial charge on any atom is -0.480 e. The second-order valence-corrected chi connectivity index (χ2v) is 6.18. The van der Waals surface area contributed by atoms with Crippen LogP contribution < -0.4 is 5.32 Å². The first-order valence-electron chi connectivity index (χ1n) is 8.16. The van der Waals surface area contributed by atoms with E-state index in [-0.39, 0.29) is 6.61 Å². The third-order valence-electron chi connectivity index (χ3n) is 4.31. The molecule has 0 bridgehead atoms. The summed E-state index contributed by atoms with van der Waals surface area (Å²) >= 11 is 0. The summed E-state index contributed by atoms with van der Waals surface area (Å²) < 4.78 is 7.27. The highest BCUT2D eigenvalue weighted by molar-refractivity contribution is 5.74. The second-order valence-electron chi connectivity index (χ2n) is 6.18. The Labute approximate surface area is 140 Å². The van der Waals surface area contributed by atoms with Crippen LogP contribution in [0.15, 0.2) is 18.3 Å². The first-order valence-corrected chi connectivity index (χ1v) is 8.16. The molecule has 1 aliphatic heterocycles. The summed E-state index contributed by atoms with van der Waals surface area (Å²) in [6.07, 6.45) is 3.30. The number of aromatic nitrogens is 3. The SMILES string of the molecule is CC(OCC(=O)O)n1c(NC2CCN(C)CC2)nc2cccnc21. The van der Waals surface area contributed by atoms with Gasteiger partial charge in [-0.3, -0.25) is 4.57 Å². The molecule has 2 aromatic rings. The molecule has 1 fully saturated rings. The summed E-state index contributed by atoms with van der Waals surface area (Å²) in [6, 6.07) is 4.06. The number of carboxylic acid groups (broad SMARTS) is 1. The quantitative estimate of drug-likeness (QED) is 0.828. The number of pyridine rings is 1. The van der Waals surface area contributed by atoms with Gasteiger partial charge in [-0.05, 0) is 52.0 Å². The van der Waals surface area contributed by atoms with E-state index < -0.39 is 12.2 Å². The van der Waals surface area contributed by atoms with Gasteiger partial charge in [0.25, 0.3) is 0 Å². The summed E-state index contributed by atoms with van der Waals surface area (Å²) in [5.41, 5.74) is 1.45. The lowest BCUT2D eigenvalue weighted by Gasteiger charge is -2.30. The number of likely N-dealkylation sites (tertiary alicyclic amines) is 1. The standard InChI is InChI=1S/C16H23N5O3/c1-11(24-10-14(22)23)21-15-13(4-3-7-17-15)19-16(21)18-12-5-8-20(2)9-6-12/h3-4,7,11-12H,5-6,8-10H2,1-2H3,(H,18,19)(H,22,23). The van der Waals surface area contributed by atoms with Crippen LogP contribution in [0, 0.1) is 0 Å². The number of imidazole rings is 1. The van der Waals surface area contributed by atoms with Crippen molar-refractivity contribution < 1.29 is 14.6 Å². The van der Waals surface area contributed by atoms with Gasteiger partial charge in [-0.15, -0.1) is 0 Å². The maximum atomic E-state index is 10.8. The Balaban J connectivity index is 1.85. The van der Waals surface area contributed by atoms with Gasteiger partial charge < -0.3 is 20.1 Å². The molecular formula is C16H23N5O3. The van der Waals surface area contributed by atoms with Gasteiger partial charge in [0.1, 0.15) is 18.4 Å². The van der Waals surface area contributed by atoms with Crippen LogP contribution >= 0.6 is 0 Å². The van der Waals surface area contributed by atoms with Crippen LogP contribution in [0.25, 0.3) is 11.2 Å². The van der Waals surface area contributed by atoms with E-state index in [1.807, 2.05) is 16.7 Å². The summed E-state index contributed by atoms with van der Waals surface area (Å²) in [4.78, 5) is 22.1. The van der Waals surface area contributed by atoms with Gasteiger partial charge in [0.2, 0.25) is 5.95 Å². The highest BCUT2D eigenvalue weighted by atomic mass is 16.5. The zero-order valence-electron chi connectivity index (χ0n) is 14.0. The van der Waals surface area contributed by atoms with Crippen molar-refractivity contribution in [1.29, 1.82) is 0 Å². The molecule has 1 atom stereocenters. The highest BCUT2D eigenvalue weighted by Crippen LogP contribution is 2.25. The fourth-order valence-electron chi connectivity index (χ4n) is 2.98. The molecule has 0 radical (unpaired) electrons. The zero-order chi connectivity index (χ0) is 17.1. The van der Waals surface area contributed by atoms with E-state index in [0.29, 0.717) is 17.6 Å². The summed E-state index contributed by atoms with van der Waals surface area (Å²) in [5.74, 6) is -0.319.